The average Bonchev–Trinajstić information content (AvgIpc) is 3.61. The van der Waals surface area contributed by atoms with Gasteiger partial charge in [0, 0.05) is 41.0 Å². The number of aryl methyl sites for hydroxylation is 1. The van der Waals surface area contributed by atoms with Gasteiger partial charge in [-0.05, 0) is 50.1 Å². The largest absolute Gasteiger partial charge is 0.494 e. The summed E-state index contributed by atoms with van der Waals surface area (Å²) in [5, 5.41) is 8.80. The van der Waals surface area contributed by atoms with E-state index in [9.17, 15) is 9.59 Å². The smallest absolute Gasteiger partial charge is 0.231 e. The Morgan fingerprint density at radius 3 is 2.92 bits per heavy atom. The molecule has 2 N–H and O–H groups in total. The van der Waals surface area contributed by atoms with Crippen molar-refractivity contribution in [2.45, 2.75) is 57.5 Å². The fraction of sp³-hybridized carbons (Fsp3) is 0.444. The summed E-state index contributed by atoms with van der Waals surface area (Å²) in [6, 6.07) is 12.2. The number of carbonyl (C=O) groups excluding carboxylic acids is 2. The lowest BCUT2D eigenvalue weighted by Crippen LogP contribution is -2.40. The highest BCUT2D eigenvalue weighted by molar-refractivity contribution is 7.16. The Morgan fingerprint density at radius 1 is 1.19 bits per heavy atom. The molecule has 1 aliphatic heterocycles. The predicted octanol–water partition coefficient (Wildman–Crippen LogP) is 4.60. The van der Waals surface area contributed by atoms with Crippen molar-refractivity contribution in [1.82, 2.24) is 15.2 Å². The van der Waals surface area contributed by atoms with Crippen LogP contribution < -0.4 is 15.4 Å². The van der Waals surface area contributed by atoms with Crippen molar-refractivity contribution in [3.8, 4) is 5.75 Å². The summed E-state index contributed by atoms with van der Waals surface area (Å²) in [5.41, 5.74) is 2.02. The third-order valence-electron chi connectivity index (χ3n) is 6.72. The van der Waals surface area contributed by atoms with Gasteiger partial charge in [-0.25, -0.2) is 4.98 Å². The minimum atomic E-state index is -0.249. The van der Waals surface area contributed by atoms with E-state index >= 15 is 0 Å². The van der Waals surface area contributed by atoms with Gasteiger partial charge in [0.25, 0.3) is 0 Å². The molecular weight excluding hydrogens is 492 g/mol. The van der Waals surface area contributed by atoms with Crippen LogP contribution in [-0.2, 0) is 29.0 Å². The van der Waals surface area contributed by atoms with Gasteiger partial charge in [0.15, 0.2) is 5.13 Å². The lowest BCUT2D eigenvalue weighted by atomic mass is 9.90. The predicted molar refractivity (Wildman–Crippen MR) is 144 cm³/mol. The number of benzene rings is 1. The molecule has 1 fully saturated rings. The number of anilines is 1. The summed E-state index contributed by atoms with van der Waals surface area (Å²) >= 11 is 3.08. The van der Waals surface area contributed by atoms with Crippen molar-refractivity contribution in [2.24, 2.45) is 0 Å². The molecule has 7 nitrogen and oxygen atoms in total. The second-order valence-corrected chi connectivity index (χ2v) is 11.5. The van der Waals surface area contributed by atoms with Crippen LogP contribution in [0.25, 0.3) is 0 Å². The molecule has 2 aliphatic rings. The average molecular weight is 525 g/mol. The number of nitrogens with zero attached hydrogens (tertiary/aromatic N) is 2. The minimum Gasteiger partial charge on any atom is -0.494 e. The van der Waals surface area contributed by atoms with Crippen LogP contribution >= 0.6 is 22.7 Å². The molecule has 5 rings (SSSR count). The summed E-state index contributed by atoms with van der Waals surface area (Å²) < 4.78 is 5.78. The number of thiazole rings is 1. The number of aromatic nitrogens is 1. The maximum atomic E-state index is 13.3. The Balaban J connectivity index is 1.17. The lowest BCUT2D eigenvalue weighted by molar-refractivity contribution is -0.123. The van der Waals surface area contributed by atoms with Gasteiger partial charge in [-0.15, -0.1) is 22.7 Å². The molecule has 0 radical (unpaired) electrons. The van der Waals surface area contributed by atoms with Crippen LogP contribution in [0.4, 0.5) is 5.13 Å². The van der Waals surface area contributed by atoms with Crippen LogP contribution in [0.15, 0.2) is 41.8 Å². The normalized spacial score (nSPS) is 19.6. The monoisotopic (exact) mass is 524 g/mol. The molecule has 9 heteroatoms. The zero-order chi connectivity index (χ0) is 24.9. The number of hydrogen-bond acceptors (Lipinski definition) is 7. The summed E-state index contributed by atoms with van der Waals surface area (Å²) in [7, 11) is 0. The number of carbonyl (C=O) groups is 2. The standard InChI is InChI=1S/C27H32N4O3S2/c1-2-34-22-10-4-3-7-18(22)16-31-13-12-19(17-31)28-26(33)21-9-5-11-23-25(21)30-27(36-23)29-24(32)15-20-8-6-14-35-20/h3-4,6-8,10,14,19,21H,2,5,9,11-13,15-17H2,1H3,(H,28,33)(H,29,30,32). The van der Waals surface area contributed by atoms with Crippen LogP contribution in [0.1, 0.15) is 53.1 Å². The van der Waals surface area contributed by atoms with E-state index < -0.39 is 0 Å². The third-order valence-corrected chi connectivity index (χ3v) is 8.64. The number of hydrogen-bond donors (Lipinski definition) is 2. The Hall–Kier alpha value is -2.75. The molecule has 36 heavy (non-hydrogen) atoms. The van der Waals surface area contributed by atoms with Crippen LogP contribution in [-0.4, -0.2) is 47.4 Å². The maximum absolute atomic E-state index is 13.3. The molecule has 3 heterocycles. The van der Waals surface area contributed by atoms with Gasteiger partial charge in [0.2, 0.25) is 11.8 Å². The van der Waals surface area contributed by atoms with Gasteiger partial charge >= 0.3 is 0 Å². The van der Waals surface area contributed by atoms with Crippen molar-refractivity contribution in [1.29, 1.82) is 0 Å². The van der Waals surface area contributed by atoms with Gasteiger partial charge in [-0.3, -0.25) is 14.5 Å². The molecular formula is C27H32N4O3S2. The van der Waals surface area contributed by atoms with Crippen molar-refractivity contribution >= 4 is 39.6 Å². The first-order valence-electron chi connectivity index (χ1n) is 12.6. The molecule has 0 spiro atoms. The summed E-state index contributed by atoms with van der Waals surface area (Å²) in [4.78, 5) is 34.9. The topological polar surface area (TPSA) is 83.6 Å². The van der Waals surface area contributed by atoms with Gasteiger partial charge in [0.05, 0.1) is 24.6 Å². The highest BCUT2D eigenvalue weighted by Crippen LogP contribution is 2.37. The first kappa shape index (κ1) is 24.9. The highest BCUT2D eigenvalue weighted by Gasteiger charge is 2.33. The van der Waals surface area contributed by atoms with Gasteiger partial charge in [-0.1, -0.05) is 24.3 Å². The van der Waals surface area contributed by atoms with Crippen molar-refractivity contribution in [2.75, 3.05) is 25.0 Å². The first-order chi connectivity index (χ1) is 17.6. The maximum Gasteiger partial charge on any atom is 0.231 e. The number of fused-ring (bicyclic) bond motifs is 1. The Labute approximate surface area is 219 Å². The SMILES string of the molecule is CCOc1ccccc1CN1CCC(NC(=O)C2CCCc3sc(NC(=O)Cc4cccs4)nc32)C1. The second-order valence-electron chi connectivity index (χ2n) is 9.35. The molecule has 1 saturated heterocycles. The molecule has 0 bridgehead atoms. The molecule has 2 amide bonds. The molecule has 1 aromatic carbocycles. The highest BCUT2D eigenvalue weighted by atomic mass is 32.1. The van der Waals surface area contributed by atoms with Crippen LogP contribution in [0.2, 0.25) is 0 Å². The third kappa shape index (κ3) is 5.96. The number of rotatable bonds is 9. The van der Waals surface area contributed by atoms with E-state index in [1.54, 1.807) is 11.3 Å². The molecule has 190 valence electrons. The van der Waals surface area contributed by atoms with E-state index in [0.717, 1.165) is 66.5 Å². The number of thiophene rings is 1. The number of likely N-dealkylation sites (tertiary alicyclic amines) is 1. The first-order valence-corrected chi connectivity index (χ1v) is 14.3. The van der Waals surface area contributed by atoms with E-state index in [4.69, 9.17) is 9.72 Å². The Kier molecular flexibility index (Phi) is 7.99. The van der Waals surface area contributed by atoms with E-state index in [-0.39, 0.29) is 23.8 Å². The Bertz CT molecular complexity index is 1190. The van der Waals surface area contributed by atoms with Crippen molar-refractivity contribution < 1.29 is 14.3 Å². The van der Waals surface area contributed by atoms with Crippen LogP contribution in [0, 0.1) is 0 Å². The van der Waals surface area contributed by atoms with Crippen LogP contribution in [0.3, 0.4) is 0 Å². The lowest BCUT2D eigenvalue weighted by Gasteiger charge is -2.23. The van der Waals surface area contributed by atoms with E-state index in [1.165, 1.54) is 16.9 Å². The quantitative estimate of drug-likeness (QED) is 0.428. The Morgan fingerprint density at radius 2 is 2.08 bits per heavy atom. The number of ether oxygens (including phenoxy) is 1. The minimum absolute atomic E-state index is 0.0549. The molecule has 2 atom stereocenters. The second kappa shape index (κ2) is 11.5. The molecule has 3 aromatic rings. The molecule has 2 aromatic heterocycles. The van der Waals surface area contributed by atoms with Crippen LogP contribution in [0.5, 0.6) is 5.75 Å². The van der Waals surface area contributed by atoms with Crippen molar-refractivity contribution in [3.05, 3.63) is 62.8 Å². The molecule has 0 saturated carbocycles. The molecule has 2 unspecified atom stereocenters. The summed E-state index contributed by atoms with van der Waals surface area (Å²) in [6.45, 7) is 5.23. The zero-order valence-corrected chi connectivity index (χ0v) is 22.1. The number of nitrogens with one attached hydrogen (secondary N) is 2. The van der Waals surface area contributed by atoms with E-state index in [0.29, 0.717) is 18.2 Å². The zero-order valence-electron chi connectivity index (χ0n) is 20.5. The summed E-state index contributed by atoms with van der Waals surface area (Å²) in [6.07, 6.45) is 3.94. The fourth-order valence-corrected chi connectivity index (χ4v) is 6.81. The van der Waals surface area contributed by atoms with E-state index in [1.807, 2.05) is 42.6 Å². The fourth-order valence-electron chi connectivity index (χ4n) is 5.03. The van der Waals surface area contributed by atoms with E-state index in [2.05, 4.69) is 21.6 Å². The van der Waals surface area contributed by atoms with Crippen molar-refractivity contribution in [3.63, 3.8) is 0 Å². The van der Waals surface area contributed by atoms with Gasteiger partial charge < -0.3 is 15.4 Å². The number of amides is 2. The number of para-hydroxylation sites is 1. The molecule has 1 aliphatic carbocycles. The summed E-state index contributed by atoms with van der Waals surface area (Å²) in [5.74, 6) is 0.672. The van der Waals surface area contributed by atoms with Gasteiger partial charge in [0.1, 0.15) is 5.75 Å². The van der Waals surface area contributed by atoms with Gasteiger partial charge in [-0.2, -0.15) is 0 Å².